The van der Waals surface area contributed by atoms with Crippen LogP contribution in [0, 0.1) is 0 Å². The SMILES string of the molecule is COc1ccc(NC(=O)c2ccc(Cn3cnc4ccccc4c3=O)cc2)cc1OC. The first-order valence-corrected chi connectivity index (χ1v) is 9.65. The van der Waals surface area contributed by atoms with E-state index < -0.39 is 0 Å². The topological polar surface area (TPSA) is 82.5 Å². The maximum atomic E-state index is 12.6. The summed E-state index contributed by atoms with van der Waals surface area (Å²) in [6.45, 7) is 0.369. The van der Waals surface area contributed by atoms with Crippen LogP contribution >= 0.6 is 0 Å². The number of carbonyl (C=O) groups is 1. The summed E-state index contributed by atoms with van der Waals surface area (Å²) in [6.07, 6.45) is 1.54. The Hall–Kier alpha value is -4.13. The zero-order valence-corrected chi connectivity index (χ0v) is 17.2. The fraction of sp³-hybridized carbons (Fsp3) is 0.125. The highest BCUT2D eigenvalue weighted by Gasteiger charge is 2.10. The molecular formula is C24H21N3O4. The quantitative estimate of drug-likeness (QED) is 0.519. The third-order valence-electron chi connectivity index (χ3n) is 4.94. The van der Waals surface area contributed by atoms with Crippen molar-refractivity contribution < 1.29 is 14.3 Å². The van der Waals surface area contributed by atoms with Crippen LogP contribution in [0.3, 0.4) is 0 Å². The van der Waals surface area contributed by atoms with Gasteiger partial charge in [-0.15, -0.1) is 0 Å². The van der Waals surface area contributed by atoms with Crippen molar-refractivity contribution >= 4 is 22.5 Å². The molecule has 0 atom stereocenters. The number of anilines is 1. The Morgan fingerprint density at radius 3 is 2.45 bits per heavy atom. The highest BCUT2D eigenvalue weighted by Crippen LogP contribution is 2.29. The molecule has 3 aromatic carbocycles. The maximum absolute atomic E-state index is 12.6. The molecule has 0 aliphatic rings. The van der Waals surface area contributed by atoms with E-state index in [-0.39, 0.29) is 11.5 Å². The summed E-state index contributed by atoms with van der Waals surface area (Å²) in [4.78, 5) is 29.6. The second-order valence-corrected chi connectivity index (χ2v) is 6.92. The van der Waals surface area contributed by atoms with Crippen molar-refractivity contribution in [1.82, 2.24) is 9.55 Å². The number of amides is 1. The summed E-state index contributed by atoms with van der Waals surface area (Å²) in [5.74, 6) is 0.872. The van der Waals surface area contributed by atoms with Crippen molar-refractivity contribution in [3.8, 4) is 11.5 Å². The number of rotatable bonds is 6. The minimum Gasteiger partial charge on any atom is -0.493 e. The van der Waals surface area contributed by atoms with Gasteiger partial charge >= 0.3 is 0 Å². The molecule has 7 nitrogen and oxygen atoms in total. The molecule has 7 heteroatoms. The van der Waals surface area contributed by atoms with Gasteiger partial charge in [-0.1, -0.05) is 24.3 Å². The van der Waals surface area contributed by atoms with Crippen LogP contribution in [-0.4, -0.2) is 29.7 Å². The van der Waals surface area contributed by atoms with Gasteiger partial charge in [0.05, 0.1) is 38.0 Å². The molecule has 4 aromatic rings. The van der Waals surface area contributed by atoms with Gasteiger partial charge in [-0.05, 0) is 42.0 Å². The van der Waals surface area contributed by atoms with Crippen molar-refractivity contribution in [3.63, 3.8) is 0 Å². The van der Waals surface area contributed by atoms with Crippen LogP contribution < -0.4 is 20.3 Å². The number of carbonyl (C=O) groups excluding carboxylic acids is 1. The number of para-hydroxylation sites is 1. The normalized spacial score (nSPS) is 10.6. The molecule has 1 amide bonds. The molecular weight excluding hydrogens is 394 g/mol. The lowest BCUT2D eigenvalue weighted by molar-refractivity contribution is 0.102. The van der Waals surface area contributed by atoms with Gasteiger partial charge in [0.2, 0.25) is 0 Å². The first-order chi connectivity index (χ1) is 15.1. The van der Waals surface area contributed by atoms with E-state index in [0.29, 0.717) is 40.2 Å². The number of benzene rings is 3. The molecule has 0 unspecified atom stereocenters. The molecule has 156 valence electrons. The molecule has 0 bridgehead atoms. The fourth-order valence-electron chi connectivity index (χ4n) is 3.29. The Bertz CT molecular complexity index is 1300. The zero-order valence-electron chi connectivity index (χ0n) is 17.2. The first-order valence-electron chi connectivity index (χ1n) is 9.65. The minimum absolute atomic E-state index is 0.0964. The Labute approximate surface area is 178 Å². The standard InChI is InChI=1S/C24H21N3O4/c1-30-21-12-11-18(13-22(21)31-2)26-23(28)17-9-7-16(8-10-17)14-27-15-25-20-6-4-3-5-19(20)24(27)29/h3-13,15H,14H2,1-2H3,(H,26,28). The average Bonchev–Trinajstić information content (AvgIpc) is 2.81. The van der Waals surface area contributed by atoms with Crippen LogP contribution in [-0.2, 0) is 6.54 Å². The Balaban J connectivity index is 1.49. The van der Waals surface area contributed by atoms with Crippen molar-refractivity contribution in [2.45, 2.75) is 6.54 Å². The van der Waals surface area contributed by atoms with Crippen molar-refractivity contribution in [2.24, 2.45) is 0 Å². The van der Waals surface area contributed by atoms with Crippen molar-refractivity contribution in [1.29, 1.82) is 0 Å². The molecule has 0 saturated heterocycles. The third kappa shape index (κ3) is 4.25. The number of methoxy groups -OCH3 is 2. The second-order valence-electron chi connectivity index (χ2n) is 6.92. The van der Waals surface area contributed by atoms with Gasteiger partial charge in [0.25, 0.3) is 11.5 Å². The monoisotopic (exact) mass is 415 g/mol. The minimum atomic E-state index is -0.247. The van der Waals surface area contributed by atoms with E-state index in [2.05, 4.69) is 10.3 Å². The predicted molar refractivity (Wildman–Crippen MR) is 119 cm³/mol. The van der Waals surface area contributed by atoms with E-state index >= 15 is 0 Å². The van der Waals surface area contributed by atoms with Gasteiger partial charge in [-0.25, -0.2) is 4.98 Å². The number of nitrogens with zero attached hydrogens (tertiary/aromatic N) is 2. The van der Waals surface area contributed by atoms with Crippen LogP contribution in [0.1, 0.15) is 15.9 Å². The number of nitrogens with one attached hydrogen (secondary N) is 1. The third-order valence-corrected chi connectivity index (χ3v) is 4.94. The van der Waals surface area contributed by atoms with E-state index in [4.69, 9.17) is 9.47 Å². The highest BCUT2D eigenvalue weighted by molar-refractivity contribution is 6.04. The Kier molecular flexibility index (Phi) is 5.66. The van der Waals surface area contributed by atoms with E-state index in [1.54, 1.807) is 61.5 Å². The number of ether oxygens (including phenoxy) is 2. The Morgan fingerprint density at radius 1 is 0.968 bits per heavy atom. The second kappa shape index (κ2) is 8.71. The van der Waals surface area contributed by atoms with Crippen molar-refractivity contribution in [3.05, 3.63) is 94.5 Å². The van der Waals surface area contributed by atoms with Crippen LogP contribution in [0.25, 0.3) is 10.9 Å². The molecule has 0 radical (unpaired) electrons. The largest absolute Gasteiger partial charge is 0.493 e. The van der Waals surface area contributed by atoms with Crippen LogP contribution in [0.2, 0.25) is 0 Å². The molecule has 1 heterocycles. The predicted octanol–water partition coefficient (Wildman–Crippen LogP) is 3.71. The summed E-state index contributed by atoms with van der Waals surface area (Å²) in [7, 11) is 3.10. The molecule has 0 aliphatic heterocycles. The molecule has 0 aliphatic carbocycles. The number of hydrogen-bond acceptors (Lipinski definition) is 5. The van der Waals surface area contributed by atoms with E-state index in [1.165, 1.54) is 0 Å². The fourth-order valence-corrected chi connectivity index (χ4v) is 3.29. The molecule has 4 rings (SSSR count). The summed E-state index contributed by atoms with van der Waals surface area (Å²) in [5.41, 5.74) is 2.57. The number of aromatic nitrogens is 2. The number of hydrogen-bond donors (Lipinski definition) is 1. The lowest BCUT2D eigenvalue weighted by Crippen LogP contribution is -2.21. The summed E-state index contributed by atoms with van der Waals surface area (Å²) >= 11 is 0. The van der Waals surface area contributed by atoms with Crippen LogP contribution in [0.15, 0.2) is 77.9 Å². The van der Waals surface area contributed by atoms with Gasteiger partial charge < -0.3 is 14.8 Å². The summed E-state index contributed by atoms with van der Waals surface area (Å²) in [6, 6.07) is 19.5. The lowest BCUT2D eigenvalue weighted by atomic mass is 10.1. The number of fused-ring (bicyclic) bond motifs is 1. The zero-order chi connectivity index (χ0) is 21.8. The van der Waals surface area contributed by atoms with Crippen LogP contribution in [0.4, 0.5) is 5.69 Å². The molecule has 0 spiro atoms. The smallest absolute Gasteiger partial charge is 0.261 e. The van der Waals surface area contributed by atoms with Gasteiger partial charge in [-0.3, -0.25) is 14.2 Å². The van der Waals surface area contributed by atoms with Gasteiger partial charge in [0.15, 0.2) is 11.5 Å². The van der Waals surface area contributed by atoms with E-state index in [1.807, 2.05) is 30.3 Å². The van der Waals surface area contributed by atoms with Gasteiger partial charge in [0.1, 0.15) is 0 Å². The highest BCUT2D eigenvalue weighted by atomic mass is 16.5. The molecule has 1 aromatic heterocycles. The van der Waals surface area contributed by atoms with Gasteiger partial charge in [-0.2, -0.15) is 0 Å². The first kappa shape index (κ1) is 20.2. The van der Waals surface area contributed by atoms with E-state index in [0.717, 1.165) is 5.56 Å². The molecule has 0 saturated carbocycles. The Morgan fingerprint density at radius 2 is 1.71 bits per heavy atom. The van der Waals surface area contributed by atoms with E-state index in [9.17, 15) is 9.59 Å². The molecule has 0 fully saturated rings. The van der Waals surface area contributed by atoms with Crippen molar-refractivity contribution in [2.75, 3.05) is 19.5 Å². The summed E-state index contributed by atoms with van der Waals surface area (Å²) in [5, 5.41) is 3.42. The van der Waals surface area contributed by atoms with Crippen LogP contribution in [0.5, 0.6) is 11.5 Å². The maximum Gasteiger partial charge on any atom is 0.261 e. The molecule has 1 N–H and O–H groups in total. The summed E-state index contributed by atoms with van der Waals surface area (Å²) < 4.78 is 12.0. The lowest BCUT2D eigenvalue weighted by Gasteiger charge is -2.11. The van der Waals surface area contributed by atoms with Gasteiger partial charge in [0, 0.05) is 17.3 Å². The molecule has 31 heavy (non-hydrogen) atoms. The average molecular weight is 415 g/mol.